The lowest BCUT2D eigenvalue weighted by atomic mass is 10.3. The minimum Gasteiger partial charge on any atom is -0.450 e. The summed E-state index contributed by atoms with van der Waals surface area (Å²) in [7, 11) is -6.50. The number of carboxylic acid groups (broad SMARTS) is 2. The second-order valence-corrected chi connectivity index (χ2v) is 1.32. The average Bonchev–Trinajstić information content (AvgIpc) is 1.76. The Morgan fingerprint density at radius 2 is 0.562 bits per heavy atom. The molecule has 0 spiro atoms. The van der Waals surface area contributed by atoms with Crippen LogP contribution in [0.2, 0.25) is 0 Å². The molecule has 16 heavy (non-hydrogen) atoms. The first kappa shape index (κ1) is 24.4. The molecule has 15 heteroatoms. The van der Waals surface area contributed by atoms with Crippen LogP contribution >= 0.6 is 0 Å². The molecule has 0 heterocycles. The maximum Gasteiger partial charge on any atom is 0.631 e. The maximum absolute atomic E-state index is 8.56. The van der Waals surface area contributed by atoms with Crippen LogP contribution in [0.15, 0.2) is 0 Å². The molecule has 0 bridgehead atoms. The summed E-state index contributed by atoms with van der Waals surface area (Å²) in [4.78, 5) is 8.56. The lowest BCUT2D eigenvalue weighted by Gasteiger charge is -1.69. The van der Waals surface area contributed by atoms with Crippen molar-refractivity contribution in [3.8, 4) is 0 Å². The minimum absolute atomic E-state index is 1.83. The Bertz CT molecular complexity index is 96.9. The van der Waals surface area contributed by atoms with Crippen LogP contribution in [0.25, 0.3) is 0 Å². The zero-order chi connectivity index (χ0) is 14.3. The number of hydrogen-bond acceptors (Lipinski definition) is 10. The lowest BCUT2D eigenvalue weighted by molar-refractivity contribution is 0.136. The Hall–Kier alpha value is -0.895. The first-order chi connectivity index (χ1) is 6.93. The van der Waals surface area contributed by atoms with Crippen LogP contribution in [0, 0.1) is 0 Å². The van der Waals surface area contributed by atoms with Crippen molar-refractivity contribution in [3.63, 3.8) is 0 Å². The molecule has 0 aliphatic rings. The van der Waals surface area contributed by atoms with Crippen molar-refractivity contribution in [1.29, 1.82) is 0 Å². The highest BCUT2D eigenvalue weighted by Crippen LogP contribution is 1.43. The molecule has 0 rings (SSSR count). The summed E-state index contributed by atoms with van der Waals surface area (Å²) in [6.45, 7) is 0. The zero-order valence-corrected chi connectivity index (χ0v) is 7.56. The van der Waals surface area contributed by atoms with E-state index in [2.05, 4.69) is 0 Å². The number of carbonyl (C=O) groups is 1. The molecule has 0 aromatic heterocycles. The predicted octanol–water partition coefficient (Wildman–Crippen LogP) is -5.93. The highest BCUT2D eigenvalue weighted by Gasteiger charge is 1.93. The molecule has 0 aromatic carbocycles. The zero-order valence-electron chi connectivity index (χ0n) is 7.56. The van der Waals surface area contributed by atoms with Gasteiger partial charge in [0.1, 0.15) is 0 Å². The molecule has 12 nitrogen and oxygen atoms in total. The van der Waals surface area contributed by atoms with E-state index in [-0.39, 0.29) is 0 Å². The molecule has 0 amide bonds. The van der Waals surface area contributed by atoms with Crippen molar-refractivity contribution in [2.24, 2.45) is 0 Å². The third-order valence-electron chi connectivity index (χ3n) is 0. The van der Waals surface area contributed by atoms with Crippen LogP contribution in [0.1, 0.15) is 0 Å². The van der Waals surface area contributed by atoms with E-state index in [1.807, 2.05) is 0 Å². The van der Waals surface area contributed by atoms with Crippen molar-refractivity contribution < 1.29 is 60.2 Å². The first-order valence-electron chi connectivity index (χ1n) is 2.98. The third-order valence-corrected chi connectivity index (χ3v) is 0. The van der Waals surface area contributed by atoms with Gasteiger partial charge in [-0.1, -0.05) is 0 Å². The highest BCUT2D eigenvalue weighted by molar-refractivity contribution is 6.31. The van der Waals surface area contributed by atoms with E-state index < -0.39 is 28.1 Å². The molecule has 0 aromatic rings. The first-order valence-corrected chi connectivity index (χ1v) is 2.98. The van der Waals surface area contributed by atoms with Gasteiger partial charge in [-0.05, 0) is 0 Å². The number of hydrogen-bond donors (Lipinski definition) is 11. The summed E-state index contributed by atoms with van der Waals surface area (Å²) >= 11 is 0. The van der Waals surface area contributed by atoms with Gasteiger partial charge in [0, 0.05) is 0 Å². The molecule has 0 saturated heterocycles. The Labute approximate surface area is 89.4 Å². The fraction of sp³-hybridized carbons (Fsp3) is 0. The molecule has 0 aliphatic heterocycles. The third kappa shape index (κ3) is 2400. The highest BCUT2D eigenvalue weighted by atomic mass is 16.6. The van der Waals surface area contributed by atoms with Crippen LogP contribution in [-0.2, 0) is 0 Å². The second-order valence-electron chi connectivity index (χ2n) is 1.32. The van der Waals surface area contributed by atoms with E-state index in [0.717, 1.165) is 0 Å². The van der Waals surface area contributed by atoms with Crippen LogP contribution in [-0.4, -0.2) is 83.5 Å². The normalized spacial score (nSPS) is 6.56. The molecular formula is CH11B3O12. The predicted molar refractivity (Wildman–Crippen MR) is 47.9 cm³/mol. The maximum atomic E-state index is 8.56. The van der Waals surface area contributed by atoms with E-state index in [1.54, 1.807) is 0 Å². The Kier molecular flexibility index (Phi) is 29.9. The van der Waals surface area contributed by atoms with Crippen molar-refractivity contribution in [3.05, 3.63) is 0 Å². The largest absolute Gasteiger partial charge is 0.631 e. The van der Waals surface area contributed by atoms with Gasteiger partial charge in [0.25, 0.3) is 0 Å². The van der Waals surface area contributed by atoms with E-state index in [1.165, 1.54) is 0 Å². The molecule has 0 aliphatic carbocycles. The summed E-state index contributed by atoms with van der Waals surface area (Å²) in [5, 5.41) is 78.4. The van der Waals surface area contributed by atoms with Crippen LogP contribution in [0.5, 0.6) is 0 Å². The molecule has 0 saturated carbocycles. The standard InChI is InChI=1S/CH2O3.3BH3O3/c4*2-1(3)4/h(H2,2,3,4);3*2-4H. The average molecular weight is 248 g/mol. The molecule has 0 atom stereocenters. The fourth-order valence-corrected chi connectivity index (χ4v) is 0. The van der Waals surface area contributed by atoms with Crippen LogP contribution in [0.3, 0.4) is 0 Å². The van der Waals surface area contributed by atoms with Gasteiger partial charge in [-0.25, -0.2) is 4.79 Å². The fourth-order valence-electron chi connectivity index (χ4n) is 0. The Morgan fingerprint density at radius 1 is 0.562 bits per heavy atom. The lowest BCUT2D eigenvalue weighted by Crippen LogP contribution is -2.07. The van der Waals surface area contributed by atoms with Crippen molar-refractivity contribution in [2.75, 3.05) is 0 Å². The summed E-state index contributed by atoms with van der Waals surface area (Å²) in [6, 6.07) is 0. The molecule has 96 valence electrons. The summed E-state index contributed by atoms with van der Waals surface area (Å²) in [5.74, 6) is 0. The molecular weight excluding hydrogens is 236 g/mol. The monoisotopic (exact) mass is 248 g/mol. The summed E-state index contributed by atoms with van der Waals surface area (Å²) in [5.41, 5.74) is 0. The van der Waals surface area contributed by atoms with Gasteiger partial charge in [0.15, 0.2) is 0 Å². The van der Waals surface area contributed by atoms with E-state index in [9.17, 15) is 0 Å². The molecule has 0 radical (unpaired) electrons. The quantitative estimate of drug-likeness (QED) is 0.179. The molecule has 0 unspecified atom stereocenters. The summed E-state index contributed by atoms with van der Waals surface area (Å²) < 4.78 is 0. The van der Waals surface area contributed by atoms with Gasteiger partial charge in [-0.3, -0.25) is 0 Å². The van der Waals surface area contributed by atoms with E-state index in [4.69, 9.17) is 60.2 Å². The van der Waals surface area contributed by atoms with Crippen molar-refractivity contribution >= 4 is 28.1 Å². The Balaban J connectivity index is -0.0000000600. The van der Waals surface area contributed by atoms with E-state index in [0.29, 0.717) is 0 Å². The van der Waals surface area contributed by atoms with Crippen molar-refractivity contribution in [1.82, 2.24) is 0 Å². The molecule has 0 fully saturated rings. The van der Waals surface area contributed by atoms with Gasteiger partial charge in [-0.15, -0.1) is 0 Å². The smallest absolute Gasteiger partial charge is 0.450 e. The van der Waals surface area contributed by atoms with Gasteiger partial charge < -0.3 is 55.4 Å². The topological polar surface area (TPSA) is 240 Å². The summed E-state index contributed by atoms with van der Waals surface area (Å²) in [6.07, 6.45) is -1.83. The van der Waals surface area contributed by atoms with Crippen LogP contribution in [0.4, 0.5) is 4.79 Å². The van der Waals surface area contributed by atoms with Gasteiger partial charge >= 0.3 is 28.1 Å². The Morgan fingerprint density at radius 3 is 0.562 bits per heavy atom. The second kappa shape index (κ2) is 19.6. The van der Waals surface area contributed by atoms with Gasteiger partial charge in [-0.2, -0.15) is 0 Å². The van der Waals surface area contributed by atoms with E-state index >= 15 is 0 Å². The number of rotatable bonds is 0. The minimum atomic E-state index is -2.17. The van der Waals surface area contributed by atoms with Crippen molar-refractivity contribution in [2.45, 2.75) is 0 Å². The van der Waals surface area contributed by atoms with Gasteiger partial charge in [0.2, 0.25) is 0 Å². The SMILES string of the molecule is O=C(O)O.OB(O)O.OB(O)O.OB(O)O. The molecule has 11 N–H and O–H groups in total. The van der Waals surface area contributed by atoms with Crippen LogP contribution < -0.4 is 0 Å². The van der Waals surface area contributed by atoms with Gasteiger partial charge in [0.05, 0.1) is 0 Å².